The Morgan fingerprint density at radius 1 is 1.61 bits per heavy atom. The molecule has 2 amide bonds. The van der Waals surface area contributed by atoms with Gasteiger partial charge in [-0.1, -0.05) is 13.3 Å². The molecule has 0 saturated heterocycles. The van der Waals surface area contributed by atoms with Gasteiger partial charge in [-0.15, -0.1) is 11.3 Å². The maximum atomic E-state index is 11.7. The van der Waals surface area contributed by atoms with E-state index in [9.17, 15) is 4.79 Å². The lowest BCUT2D eigenvalue weighted by molar-refractivity contribution is 0.0581. The van der Waals surface area contributed by atoms with Crippen LogP contribution < -0.4 is 10.8 Å². The average Bonchev–Trinajstić information content (AvgIpc) is 2.84. The Morgan fingerprint density at radius 3 is 3.33 bits per heavy atom. The minimum Gasteiger partial charge on any atom is -0.330 e. The lowest BCUT2D eigenvalue weighted by Crippen LogP contribution is -2.39. The summed E-state index contributed by atoms with van der Waals surface area (Å²) >= 11 is 1.78. The number of carbonyl (C=O) groups excluding carboxylic acids is 1. The van der Waals surface area contributed by atoms with Crippen molar-refractivity contribution in [3.63, 3.8) is 0 Å². The summed E-state index contributed by atoms with van der Waals surface area (Å²) in [7, 11) is 0. The Hall–Kier alpha value is -1.07. The molecule has 4 nitrogen and oxygen atoms in total. The predicted molar refractivity (Wildman–Crippen MR) is 72.5 cm³/mol. The highest BCUT2D eigenvalue weighted by molar-refractivity contribution is 7.10. The van der Waals surface area contributed by atoms with E-state index in [0.717, 1.165) is 32.1 Å². The van der Waals surface area contributed by atoms with E-state index in [2.05, 4.69) is 29.2 Å². The van der Waals surface area contributed by atoms with Crippen LogP contribution in [-0.2, 0) is 11.3 Å². The number of hydroxylamine groups is 1. The number of thiophene rings is 1. The summed E-state index contributed by atoms with van der Waals surface area (Å²) in [6.07, 6.45) is 5.30. The molecule has 1 aromatic rings. The second-order valence-corrected chi connectivity index (χ2v) is 5.52. The van der Waals surface area contributed by atoms with Crippen molar-refractivity contribution in [1.29, 1.82) is 0 Å². The van der Waals surface area contributed by atoms with Crippen LogP contribution in [0.3, 0.4) is 0 Å². The third-order valence-corrected chi connectivity index (χ3v) is 4.12. The molecule has 0 fully saturated rings. The summed E-state index contributed by atoms with van der Waals surface area (Å²) in [5.41, 5.74) is 3.71. The van der Waals surface area contributed by atoms with Gasteiger partial charge in [0.2, 0.25) is 0 Å². The molecule has 18 heavy (non-hydrogen) atoms. The number of nitrogens with one attached hydrogen (secondary N) is 2. The largest absolute Gasteiger partial charge is 0.339 e. The van der Waals surface area contributed by atoms with E-state index < -0.39 is 0 Å². The smallest absolute Gasteiger partial charge is 0.330 e. The lowest BCUT2D eigenvalue weighted by Gasteiger charge is -2.23. The molecule has 5 heteroatoms. The highest BCUT2D eigenvalue weighted by Gasteiger charge is 2.22. The van der Waals surface area contributed by atoms with Crippen LogP contribution in [0, 0.1) is 0 Å². The fourth-order valence-corrected chi connectivity index (χ4v) is 3.14. The second kappa shape index (κ2) is 6.75. The van der Waals surface area contributed by atoms with E-state index in [1.54, 1.807) is 11.3 Å². The van der Waals surface area contributed by atoms with Crippen LogP contribution in [-0.4, -0.2) is 12.6 Å². The summed E-state index contributed by atoms with van der Waals surface area (Å²) in [6, 6.07) is 2.01. The zero-order chi connectivity index (χ0) is 12.8. The number of unbranched alkanes of at least 4 members (excludes halogenated alkanes) is 1. The van der Waals surface area contributed by atoms with Crippen molar-refractivity contribution in [2.45, 2.75) is 45.1 Å². The van der Waals surface area contributed by atoms with Gasteiger partial charge in [0.25, 0.3) is 0 Å². The van der Waals surface area contributed by atoms with Crippen LogP contribution in [0.5, 0.6) is 0 Å². The lowest BCUT2D eigenvalue weighted by atomic mass is 9.94. The maximum absolute atomic E-state index is 11.7. The zero-order valence-electron chi connectivity index (χ0n) is 10.7. The molecule has 1 aliphatic rings. The molecule has 2 N–H and O–H groups in total. The van der Waals surface area contributed by atoms with Crippen LogP contribution in [0.2, 0.25) is 0 Å². The second-order valence-electron chi connectivity index (χ2n) is 4.52. The van der Waals surface area contributed by atoms with Gasteiger partial charge in [-0.3, -0.25) is 4.84 Å². The number of rotatable bonds is 5. The molecule has 0 saturated carbocycles. The first-order valence-corrected chi connectivity index (χ1v) is 7.43. The maximum Gasteiger partial charge on any atom is 0.339 e. The standard InChI is InChI=1S/C13H20N2O2S/c1-2-3-8-17-15-13(16)14-11-5-4-6-12-10(11)7-9-18-12/h7,9,11H,2-6,8H2,1H3,(H2,14,15,16). The van der Waals surface area contributed by atoms with Gasteiger partial charge in [0.1, 0.15) is 0 Å². The summed E-state index contributed by atoms with van der Waals surface area (Å²) in [4.78, 5) is 18.2. The SMILES string of the molecule is CCCCONC(=O)NC1CCCc2sccc21. The first kappa shape index (κ1) is 13.4. The van der Waals surface area contributed by atoms with Gasteiger partial charge in [0, 0.05) is 4.88 Å². The fraction of sp³-hybridized carbons (Fsp3) is 0.615. The number of hydrogen-bond acceptors (Lipinski definition) is 3. The van der Waals surface area contributed by atoms with Crippen molar-refractivity contribution < 1.29 is 9.63 Å². The van der Waals surface area contributed by atoms with E-state index in [1.807, 2.05) is 0 Å². The van der Waals surface area contributed by atoms with Crippen molar-refractivity contribution in [2.75, 3.05) is 6.61 Å². The number of aryl methyl sites for hydroxylation is 1. The summed E-state index contributed by atoms with van der Waals surface area (Å²) in [6.45, 7) is 2.65. The summed E-state index contributed by atoms with van der Waals surface area (Å²) < 4.78 is 0. The molecule has 0 aromatic carbocycles. The van der Waals surface area contributed by atoms with Crippen LogP contribution in [0.25, 0.3) is 0 Å². The van der Waals surface area contributed by atoms with Gasteiger partial charge in [0.05, 0.1) is 12.6 Å². The molecule has 0 radical (unpaired) electrons. The van der Waals surface area contributed by atoms with Gasteiger partial charge < -0.3 is 5.32 Å². The average molecular weight is 268 g/mol. The number of urea groups is 1. The molecule has 100 valence electrons. The van der Waals surface area contributed by atoms with Crippen LogP contribution in [0.15, 0.2) is 11.4 Å². The first-order chi connectivity index (χ1) is 8.81. The highest BCUT2D eigenvalue weighted by Crippen LogP contribution is 2.33. The van der Waals surface area contributed by atoms with E-state index in [0.29, 0.717) is 6.61 Å². The minimum atomic E-state index is -0.241. The number of amides is 2. The van der Waals surface area contributed by atoms with E-state index in [4.69, 9.17) is 4.84 Å². The molecule has 2 rings (SSSR count). The molecular formula is C13H20N2O2S. The number of carbonyl (C=O) groups is 1. The predicted octanol–water partition coefficient (Wildman–Crippen LogP) is 3.16. The van der Waals surface area contributed by atoms with Gasteiger partial charge in [-0.25, -0.2) is 10.3 Å². The Balaban J connectivity index is 1.78. The van der Waals surface area contributed by atoms with Crippen molar-refractivity contribution in [1.82, 2.24) is 10.8 Å². The Bertz CT molecular complexity index is 392. The molecule has 1 aromatic heterocycles. The van der Waals surface area contributed by atoms with Crippen molar-refractivity contribution in [3.8, 4) is 0 Å². The highest BCUT2D eigenvalue weighted by atomic mass is 32.1. The van der Waals surface area contributed by atoms with Gasteiger partial charge in [-0.05, 0) is 42.7 Å². The minimum absolute atomic E-state index is 0.134. The molecular weight excluding hydrogens is 248 g/mol. The molecule has 1 unspecified atom stereocenters. The molecule has 1 atom stereocenters. The van der Waals surface area contributed by atoms with E-state index >= 15 is 0 Å². The molecule has 0 aliphatic heterocycles. The van der Waals surface area contributed by atoms with Crippen molar-refractivity contribution in [2.24, 2.45) is 0 Å². The van der Waals surface area contributed by atoms with Crippen LogP contribution >= 0.6 is 11.3 Å². The Labute approximate surface area is 112 Å². The summed E-state index contributed by atoms with van der Waals surface area (Å²) in [5.74, 6) is 0. The normalized spacial score (nSPS) is 18.2. The molecule has 1 heterocycles. The summed E-state index contributed by atoms with van der Waals surface area (Å²) in [5, 5.41) is 5.07. The first-order valence-electron chi connectivity index (χ1n) is 6.56. The Kier molecular flexibility index (Phi) is 5.01. The Morgan fingerprint density at radius 2 is 2.50 bits per heavy atom. The fourth-order valence-electron chi connectivity index (χ4n) is 2.16. The van der Waals surface area contributed by atoms with Crippen molar-refractivity contribution >= 4 is 17.4 Å². The quantitative estimate of drug-likeness (QED) is 0.636. The third kappa shape index (κ3) is 3.46. The van der Waals surface area contributed by atoms with Gasteiger partial charge >= 0.3 is 6.03 Å². The van der Waals surface area contributed by atoms with Crippen LogP contribution in [0.1, 0.15) is 49.1 Å². The third-order valence-electron chi connectivity index (χ3n) is 3.12. The van der Waals surface area contributed by atoms with Crippen LogP contribution in [0.4, 0.5) is 4.79 Å². The molecule has 0 spiro atoms. The van der Waals surface area contributed by atoms with Gasteiger partial charge in [-0.2, -0.15) is 0 Å². The van der Waals surface area contributed by atoms with Crippen molar-refractivity contribution in [3.05, 3.63) is 21.9 Å². The number of fused-ring (bicyclic) bond motifs is 1. The molecule has 0 bridgehead atoms. The number of hydrogen-bond donors (Lipinski definition) is 2. The zero-order valence-corrected chi connectivity index (χ0v) is 11.5. The van der Waals surface area contributed by atoms with E-state index in [-0.39, 0.29) is 12.1 Å². The topological polar surface area (TPSA) is 50.4 Å². The van der Waals surface area contributed by atoms with Gasteiger partial charge in [0.15, 0.2) is 0 Å². The monoisotopic (exact) mass is 268 g/mol. The molecule has 1 aliphatic carbocycles. The van der Waals surface area contributed by atoms with E-state index in [1.165, 1.54) is 10.4 Å².